The molecule has 1 saturated heterocycles. The van der Waals surface area contributed by atoms with Crippen molar-refractivity contribution in [1.82, 2.24) is 4.90 Å². The molecule has 0 radical (unpaired) electrons. The zero-order chi connectivity index (χ0) is 20.6. The minimum atomic E-state index is -0.0377. The van der Waals surface area contributed by atoms with E-state index in [9.17, 15) is 9.59 Å². The highest BCUT2D eigenvalue weighted by molar-refractivity contribution is 8.26. The van der Waals surface area contributed by atoms with E-state index in [-0.39, 0.29) is 11.8 Å². The number of nitrogens with zero attached hydrogens (tertiary/aromatic N) is 1. The Labute approximate surface area is 185 Å². The normalized spacial score (nSPS) is 15.2. The molecule has 2 aromatic carbocycles. The van der Waals surface area contributed by atoms with Gasteiger partial charge in [0.2, 0.25) is 5.91 Å². The van der Waals surface area contributed by atoms with Gasteiger partial charge in [-0.05, 0) is 48.7 Å². The maximum Gasteiger partial charge on any atom is 0.266 e. The van der Waals surface area contributed by atoms with Gasteiger partial charge in [-0.1, -0.05) is 72.3 Å². The van der Waals surface area contributed by atoms with Crippen LogP contribution in [-0.2, 0) is 9.59 Å². The summed E-state index contributed by atoms with van der Waals surface area (Å²) < 4.78 is 0.595. The molecule has 0 saturated carbocycles. The molecule has 0 bridgehead atoms. The summed E-state index contributed by atoms with van der Waals surface area (Å²) in [7, 11) is 0. The first-order chi connectivity index (χ1) is 14.0. The molecule has 0 unspecified atom stereocenters. The van der Waals surface area contributed by atoms with Crippen LogP contribution in [0.15, 0.2) is 59.5 Å². The van der Waals surface area contributed by atoms with E-state index in [4.69, 9.17) is 23.8 Å². The van der Waals surface area contributed by atoms with Gasteiger partial charge >= 0.3 is 0 Å². The SMILES string of the molecule is O=C(CCCCCN1C(=O)/C(=C/c2ccccc2)SC1=S)Nc1ccc(Cl)cc1. The second-order valence-electron chi connectivity index (χ2n) is 6.61. The summed E-state index contributed by atoms with van der Waals surface area (Å²) in [5.41, 5.74) is 1.72. The van der Waals surface area contributed by atoms with Crippen LogP contribution in [0.5, 0.6) is 0 Å². The summed E-state index contributed by atoms with van der Waals surface area (Å²) in [6.45, 7) is 0.579. The fraction of sp³-hybridized carbons (Fsp3) is 0.227. The van der Waals surface area contributed by atoms with E-state index >= 15 is 0 Å². The lowest BCUT2D eigenvalue weighted by molar-refractivity contribution is -0.122. The number of anilines is 1. The first kappa shape index (κ1) is 21.6. The van der Waals surface area contributed by atoms with Crippen LogP contribution in [0.1, 0.15) is 31.2 Å². The number of amides is 2. The lowest BCUT2D eigenvalue weighted by Gasteiger charge is -2.14. The number of hydrogen-bond donors (Lipinski definition) is 1. The number of thiocarbonyl (C=S) groups is 1. The highest BCUT2D eigenvalue weighted by Gasteiger charge is 2.31. The van der Waals surface area contributed by atoms with E-state index < -0.39 is 0 Å². The van der Waals surface area contributed by atoms with Gasteiger partial charge in [0, 0.05) is 23.7 Å². The maximum atomic E-state index is 12.6. The molecule has 0 atom stereocenters. The average molecular weight is 445 g/mol. The van der Waals surface area contributed by atoms with E-state index in [1.54, 1.807) is 29.2 Å². The van der Waals surface area contributed by atoms with Crippen LogP contribution in [0.3, 0.4) is 0 Å². The van der Waals surface area contributed by atoms with E-state index in [0.717, 1.165) is 30.5 Å². The molecular formula is C22H21ClN2O2S2. The number of halogens is 1. The Hall–Kier alpha value is -2.15. The molecule has 150 valence electrons. The second kappa shape index (κ2) is 10.6. The minimum Gasteiger partial charge on any atom is -0.326 e. The van der Waals surface area contributed by atoms with Crippen LogP contribution in [-0.4, -0.2) is 27.6 Å². The third kappa shape index (κ3) is 6.42. The summed E-state index contributed by atoms with van der Waals surface area (Å²) in [5, 5.41) is 3.49. The van der Waals surface area contributed by atoms with Gasteiger partial charge in [0.05, 0.1) is 4.91 Å². The lowest BCUT2D eigenvalue weighted by Crippen LogP contribution is -2.29. The molecule has 0 aromatic heterocycles. The van der Waals surface area contributed by atoms with Crippen LogP contribution in [0.4, 0.5) is 5.69 Å². The van der Waals surface area contributed by atoms with E-state index in [1.165, 1.54) is 11.8 Å². The fourth-order valence-electron chi connectivity index (χ4n) is 2.88. The average Bonchev–Trinajstić information content (AvgIpc) is 2.97. The van der Waals surface area contributed by atoms with Crippen molar-refractivity contribution in [3.8, 4) is 0 Å². The Kier molecular flexibility index (Phi) is 7.86. The van der Waals surface area contributed by atoms with Crippen LogP contribution < -0.4 is 5.32 Å². The van der Waals surface area contributed by atoms with Gasteiger partial charge in [-0.3, -0.25) is 14.5 Å². The molecule has 29 heavy (non-hydrogen) atoms. The standard InChI is InChI=1S/C22H21ClN2O2S2/c23-17-10-12-18(13-11-17)24-20(26)9-5-2-6-14-25-21(27)19(29-22(25)28)15-16-7-3-1-4-8-16/h1,3-4,7-8,10-13,15H,2,5-6,9,14H2,(H,24,26)/b19-15-. The van der Waals surface area contributed by atoms with Crippen molar-refractivity contribution in [1.29, 1.82) is 0 Å². The summed E-state index contributed by atoms with van der Waals surface area (Å²) in [4.78, 5) is 26.9. The van der Waals surface area contributed by atoms with Gasteiger partial charge < -0.3 is 5.32 Å². The molecule has 2 aromatic rings. The van der Waals surface area contributed by atoms with Crippen molar-refractivity contribution in [3.05, 3.63) is 70.1 Å². The molecule has 4 nitrogen and oxygen atoms in total. The monoisotopic (exact) mass is 444 g/mol. The molecule has 0 spiro atoms. The molecule has 1 aliphatic heterocycles. The van der Waals surface area contributed by atoms with E-state index in [2.05, 4.69) is 5.32 Å². The zero-order valence-corrected chi connectivity index (χ0v) is 18.2. The third-order valence-corrected chi connectivity index (χ3v) is 6.01. The number of hydrogen-bond acceptors (Lipinski definition) is 4. The molecule has 1 N–H and O–H groups in total. The van der Waals surface area contributed by atoms with Gasteiger partial charge in [-0.25, -0.2) is 0 Å². The van der Waals surface area contributed by atoms with Crippen LogP contribution >= 0.6 is 35.6 Å². The number of carbonyl (C=O) groups is 2. The Morgan fingerprint density at radius 1 is 1.07 bits per heavy atom. The zero-order valence-electron chi connectivity index (χ0n) is 15.8. The number of carbonyl (C=O) groups excluding carboxylic acids is 2. The summed E-state index contributed by atoms with van der Waals surface area (Å²) in [6, 6.07) is 16.8. The van der Waals surface area contributed by atoms with Crippen molar-refractivity contribution in [2.75, 3.05) is 11.9 Å². The van der Waals surface area contributed by atoms with Crippen LogP contribution in [0.25, 0.3) is 6.08 Å². The Morgan fingerprint density at radius 3 is 2.52 bits per heavy atom. The van der Waals surface area contributed by atoms with Crippen molar-refractivity contribution < 1.29 is 9.59 Å². The highest BCUT2D eigenvalue weighted by atomic mass is 35.5. The molecule has 1 aliphatic rings. The summed E-state index contributed by atoms with van der Waals surface area (Å²) >= 11 is 12.5. The molecule has 1 fully saturated rings. The first-order valence-corrected chi connectivity index (χ1v) is 11.0. The topological polar surface area (TPSA) is 49.4 Å². The number of nitrogens with one attached hydrogen (secondary N) is 1. The molecule has 2 amide bonds. The molecule has 7 heteroatoms. The van der Waals surface area contributed by atoms with E-state index in [1.807, 2.05) is 36.4 Å². The number of rotatable bonds is 8. The predicted molar refractivity (Wildman–Crippen MR) is 125 cm³/mol. The Bertz CT molecular complexity index is 914. The largest absolute Gasteiger partial charge is 0.326 e. The Balaban J connectivity index is 1.39. The molecule has 0 aliphatic carbocycles. The van der Waals surface area contributed by atoms with Gasteiger partial charge in [0.25, 0.3) is 5.91 Å². The fourth-order valence-corrected chi connectivity index (χ4v) is 4.32. The molecular weight excluding hydrogens is 424 g/mol. The first-order valence-electron chi connectivity index (χ1n) is 9.39. The number of thioether (sulfide) groups is 1. The predicted octanol–water partition coefficient (Wildman–Crippen LogP) is 5.74. The summed E-state index contributed by atoms with van der Waals surface area (Å²) in [5.74, 6) is -0.0620. The van der Waals surface area contributed by atoms with Crippen LogP contribution in [0.2, 0.25) is 5.02 Å². The second-order valence-corrected chi connectivity index (χ2v) is 8.72. The van der Waals surface area contributed by atoms with Crippen LogP contribution in [0, 0.1) is 0 Å². The van der Waals surface area contributed by atoms with Gasteiger partial charge in [-0.2, -0.15) is 0 Å². The van der Waals surface area contributed by atoms with Gasteiger partial charge in [0.15, 0.2) is 0 Å². The van der Waals surface area contributed by atoms with Crippen molar-refractivity contribution in [3.63, 3.8) is 0 Å². The smallest absolute Gasteiger partial charge is 0.266 e. The van der Waals surface area contributed by atoms with E-state index in [0.29, 0.717) is 27.2 Å². The Morgan fingerprint density at radius 2 is 1.79 bits per heavy atom. The third-order valence-electron chi connectivity index (χ3n) is 4.38. The lowest BCUT2D eigenvalue weighted by atomic mass is 10.1. The molecule has 1 heterocycles. The number of benzene rings is 2. The van der Waals surface area contributed by atoms with Crippen molar-refractivity contribution in [2.24, 2.45) is 0 Å². The van der Waals surface area contributed by atoms with Crippen molar-refractivity contribution >= 4 is 63.5 Å². The highest BCUT2D eigenvalue weighted by Crippen LogP contribution is 2.32. The molecule has 3 rings (SSSR count). The minimum absolute atomic E-state index is 0.0243. The van der Waals surface area contributed by atoms with Gasteiger partial charge in [0.1, 0.15) is 4.32 Å². The van der Waals surface area contributed by atoms with Crippen molar-refractivity contribution in [2.45, 2.75) is 25.7 Å². The summed E-state index contributed by atoms with van der Waals surface area (Å²) in [6.07, 6.45) is 4.73. The number of unbranched alkanes of at least 4 members (excludes halogenated alkanes) is 2. The van der Waals surface area contributed by atoms with Gasteiger partial charge in [-0.15, -0.1) is 0 Å². The maximum absolute atomic E-state index is 12.6. The quantitative estimate of drug-likeness (QED) is 0.320.